The monoisotopic (exact) mass is 332 g/mol. The summed E-state index contributed by atoms with van der Waals surface area (Å²) in [5.41, 5.74) is 5.46. The van der Waals surface area contributed by atoms with E-state index in [1.807, 2.05) is 11.0 Å². The third-order valence-corrected chi connectivity index (χ3v) is 4.59. The van der Waals surface area contributed by atoms with Crippen LogP contribution in [0.15, 0.2) is 17.5 Å². The number of halogens is 1. The van der Waals surface area contributed by atoms with Gasteiger partial charge in [-0.25, -0.2) is 0 Å². The van der Waals surface area contributed by atoms with Crippen LogP contribution in [-0.4, -0.2) is 37.0 Å². The second-order valence-corrected chi connectivity index (χ2v) is 6.15. The molecule has 0 radical (unpaired) electrons. The Hall–Kier alpha value is -0.620. The maximum atomic E-state index is 12.2. The topological polar surface area (TPSA) is 55.6 Å². The molecule has 4 nitrogen and oxygen atoms in total. The number of carbonyl (C=O) groups is 1. The van der Waals surface area contributed by atoms with Gasteiger partial charge >= 0.3 is 0 Å². The number of thiophene rings is 1. The average Bonchev–Trinajstić information content (AvgIpc) is 3.01. The van der Waals surface area contributed by atoms with Gasteiger partial charge in [-0.15, -0.1) is 23.7 Å². The molecule has 1 aliphatic heterocycles. The number of nitrogens with two attached hydrogens (primary N) is 1. The van der Waals surface area contributed by atoms with Gasteiger partial charge in [0.25, 0.3) is 0 Å². The van der Waals surface area contributed by atoms with E-state index in [0.717, 1.165) is 38.8 Å². The Kier molecular flexibility index (Phi) is 8.92. The fraction of sp³-hybridized carbons (Fsp3) is 0.667. The number of hydrogen-bond donors (Lipinski definition) is 1. The number of rotatable bonds is 7. The maximum absolute atomic E-state index is 12.2. The van der Waals surface area contributed by atoms with Gasteiger partial charge in [-0.1, -0.05) is 18.9 Å². The fourth-order valence-electron chi connectivity index (χ4n) is 2.45. The highest BCUT2D eigenvalue weighted by atomic mass is 35.5. The van der Waals surface area contributed by atoms with Gasteiger partial charge in [0, 0.05) is 17.8 Å². The van der Waals surface area contributed by atoms with E-state index in [-0.39, 0.29) is 24.4 Å². The SMILES string of the molecule is Cl.NCCCCCCC(=O)N1CCOC(c2cccs2)C1. The number of nitrogens with zero attached hydrogens (tertiary/aromatic N) is 1. The molecule has 1 aromatic rings. The lowest BCUT2D eigenvalue weighted by Gasteiger charge is -2.32. The molecule has 2 N–H and O–H groups in total. The summed E-state index contributed by atoms with van der Waals surface area (Å²) < 4.78 is 5.76. The van der Waals surface area contributed by atoms with Crippen molar-refractivity contribution in [2.45, 2.75) is 38.2 Å². The molecule has 1 atom stereocenters. The van der Waals surface area contributed by atoms with Crippen LogP contribution in [0.1, 0.15) is 43.1 Å². The number of unbranched alkanes of at least 4 members (excludes halogenated alkanes) is 3. The molecule has 1 fully saturated rings. The Balaban J connectivity index is 0.00000220. The first-order chi connectivity index (χ1) is 9.81. The molecule has 2 rings (SSSR count). The van der Waals surface area contributed by atoms with E-state index in [4.69, 9.17) is 10.5 Å². The quantitative estimate of drug-likeness (QED) is 0.781. The van der Waals surface area contributed by atoms with Crippen LogP contribution < -0.4 is 5.73 Å². The van der Waals surface area contributed by atoms with Crippen molar-refractivity contribution in [1.29, 1.82) is 0 Å². The summed E-state index contributed by atoms with van der Waals surface area (Å²) in [4.78, 5) is 15.4. The second-order valence-electron chi connectivity index (χ2n) is 5.17. The summed E-state index contributed by atoms with van der Waals surface area (Å²) >= 11 is 1.70. The zero-order valence-electron chi connectivity index (χ0n) is 12.3. The highest BCUT2D eigenvalue weighted by molar-refractivity contribution is 7.10. The minimum atomic E-state index is 0. The minimum absolute atomic E-state index is 0. The summed E-state index contributed by atoms with van der Waals surface area (Å²) in [6, 6.07) is 4.11. The van der Waals surface area contributed by atoms with Crippen LogP contribution in [0, 0.1) is 0 Å². The molecule has 0 saturated carbocycles. The van der Waals surface area contributed by atoms with E-state index in [1.54, 1.807) is 11.3 Å². The van der Waals surface area contributed by atoms with Gasteiger partial charge in [-0.2, -0.15) is 0 Å². The van der Waals surface area contributed by atoms with Crippen LogP contribution in [0.4, 0.5) is 0 Å². The zero-order chi connectivity index (χ0) is 14.2. The van der Waals surface area contributed by atoms with E-state index < -0.39 is 0 Å². The molecule has 120 valence electrons. The fourth-order valence-corrected chi connectivity index (χ4v) is 3.22. The van der Waals surface area contributed by atoms with Crippen molar-refractivity contribution in [2.24, 2.45) is 5.73 Å². The molecular formula is C15H25ClN2O2S. The summed E-state index contributed by atoms with van der Waals surface area (Å²) in [7, 11) is 0. The van der Waals surface area contributed by atoms with Crippen molar-refractivity contribution >= 4 is 29.7 Å². The molecule has 2 heterocycles. The molecule has 1 unspecified atom stereocenters. The molecule has 1 amide bonds. The molecule has 0 bridgehead atoms. The minimum Gasteiger partial charge on any atom is -0.369 e. The highest BCUT2D eigenvalue weighted by Gasteiger charge is 2.25. The molecule has 1 saturated heterocycles. The number of morpholine rings is 1. The van der Waals surface area contributed by atoms with E-state index in [2.05, 4.69) is 11.4 Å². The summed E-state index contributed by atoms with van der Waals surface area (Å²) in [6.45, 7) is 2.81. The van der Waals surface area contributed by atoms with Crippen LogP contribution in [0.5, 0.6) is 0 Å². The largest absolute Gasteiger partial charge is 0.369 e. The number of carbonyl (C=O) groups excluding carboxylic acids is 1. The van der Waals surface area contributed by atoms with E-state index in [1.165, 1.54) is 4.88 Å². The first-order valence-corrected chi connectivity index (χ1v) is 8.32. The lowest BCUT2D eigenvalue weighted by atomic mass is 10.1. The van der Waals surface area contributed by atoms with Gasteiger partial charge in [0.2, 0.25) is 5.91 Å². The summed E-state index contributed by atoms with van der Waals surface area (Å²) in [6.07, 6.45) is 4.98. The Morgan fingerprint density at radius 1 is 1.38 bits per heavy atom. The van der Waals surface area contributed by atoms with Crippen molar-refractivity contribution < 1.29 is 9.53 Å². The van der Waals surface area contributed by atoms with Crippen molar-refractivity contribution in [3.63, 3.8) is 0 Å². The number of hydrogen-bond acceptors (Lipinski definition) is 4. The molecule has 0 aliphatic carbocycles. The Bertz CT molecular complexity index is 400. The predicted octanol–water partition coefficient (Wildman–Crippen LogP) is 2.98. The lowest BCUT2D eigenvalue weighted by Crippen LogP contribution is -2.42. The smallest absolute Gasteiger partial charge is 0.222 e. The lowest BCUT2D eigenvalue weighted by molar-refractivity contribution is -0.139. The standard InChI is InChI=1S/C15H24N2O2S.ClH/c16-8-4-2-1-3-7-15(18)17-9-10-19-13(12-17)14-6-5-11-20-14;/h5-6,11,13H,1-4,7-10,12,16H2;1H. The van der Waals surface area contributed by atoms with Crippen LogP contribution in [-0.2, 0) is 9.53 Å². The molecular weight excluding hydrogens is 308 g/mol. The molecule has 0 spiro atoms. The zero-order valence-corrected chi connectivity index (χ0v) is 14.0. The first-order valence-electron chi connectivity index (χ1n) is 7.44. The van der Waals surface area contributed by atoms with Crippen LogP contribution >= 0.6 is 23.7 Å². The van der Waals surface area contributed by atoms with Gasteiger partial charge in [0.1, 0.15) is 6.10 Å². The van der Waals surface area contributed by atoms with Gasteiger partial charge in [-0.05, 0) is 30.8 Å². The normalized spacial score (nSPS) is 18.3. The molecule has 0 aromatic carbocycles. The third kappa shape index (κ3) is 5.94. The van der Waals surface area contributed by atoms with E-state index in [0.29, 0.717) is 19.6 Å². The molecule has 1 aliphatic rings. The van der Waals surface area contributed by atoms with Crippen LogP contribution in [0.2, 0.25) is 0 Å². The van der Waals surface area contributed by atoms with Crippen LogP contribution in [0.3, 0.4) is 0 Å². The molecule has 1 aromatic heterocycles. The molecule has 21 heavy (non-hydrogen) atoms. The van der Waals surface area contributed by atoms with E-state index in [9.17, 15) is 4.79 Å². The van der Waals surface area contributed by atoms with Crippen molar-refractivity contribution in [3.8, 4) is 0 Å². The molecule has 6 heteroatoms. The van der Waals surface area contributed by atoms with Crippen LogP contribution in [0.25, 0.3) is 0 Å². The van der Waals surface area contributed by atoms with Gasteiger partial charge in [0.05, 0.1) is 13.2 Å². The van der Waals surface area contributed by atoms with Crippen molar-refractivity contribution in [3.05, 3.63) is 22.4 Å². The predicted molar refractivity (Wildman–Crippen MR) is 89.0 cm³/mol. The Labute approximate surface area is 137 Å². The van der Waals surface area contributed by atoms with E-state index >= 15 is 0 Å². The highest BCUT2D eigenvalue weighted by Crippen LogP contribution is 2.26. The Morgan fingerprint density at radius 3 is 2.90 bits per heavy atom. The summed E-state index contributed by atoms with van der Waals surface area (Å²) in [5.74, 6) is 0.266. The third-order valence-electron chi connectivity index (χ3n) is 3.62. The first kappa shape index (κ1) is 18.4. The Morgan fingerprint density at radius 2 is 2.19 bits per heavy atom. The number of amides is 1. The van der Waals surface area contributed by atoms with Gasteiger partial charge in [-0.3, -0.25) is 4.79 Å². The number of ether oxygens (including phenoxy) is 1. The van der Waals surface area contributed by atoms with Crippen molar-refractivity contribution in [2.75, 3.05) is 26.2 Å². The maximum Gasteiger partial charge on any atom is 0.222 e. The average molecular weight is 333 g/mol. The second kappa shape index (κ2) is 10.2. The van der Waals surface area contributed by atoms with Gasteiger partial charge in [0.15, 0.2) is 0 Å². The van der Waals surface area contributed by atoms with Crippen molar-refractivity contribution in [1.82, 2.24) is 4.90 Å². The summed E-state index contributed by atoms with van der Waals surface area (Å²) in [5, 5.41) is 2.05. The van der Waals surface area contributed by atoms with Gasteiger partial charge < -0.3 is 15.4 Å².